The second kappa shape index (κ2) is 22.8. The molecular weight excluding hydrogens is 715 g/mol. The molecule has 6 nitrogen and oxygen atoms in total. The quantitative estimate of drug-likeness (QED) is 0.0813. The van der Waals surface area contributed by atoms with Crippen LogP contribution in [0.2, 0.25) is 9.88 Å². The Morgan fingerprint density at radius 3 is 1.30 bits per heavy atom. The summed E-state index contributed by atoms with van der Waals surface area (Å²) in [7, 11) is 0. The van der Waals surface area contributed by atoms with Gasteiger partial charge in [-0.25, -0.2) is 0 Å². The number of nitrogens with zero attached hydrogens (tertiary/aromatic N) is 4. The second-order valence-electron chi connectivity index (χ2n) is 8.67. The summed E-state index contributed by atoms with van der Waals surface area (Å²) in [5.74, 6) is 1.68. The molecule has 4 aromatic rings. The Morgan fingerprint density at radius 2 is 0.977 bits per heavy atom. The molecule has 0 spiro atoms. The zero-order valence-electron chi connectivity index (χ0n) is 24.7. The van der Waals surface area contributed by atoms with E-state index in [2.05, 4.69) is 65.2 Å². The van der Waals surface area contributed by atoms with Gasteiger partial charge < -0.3 is 0 Å². The predicted octanol–water partition coefficient (Wildman–Crippen LogP) is 8.01. The number of thiocarbonyl (C=S) groups is 2. The molecule has 2 N–H and O–H groups in total. The third kappa shape index (κ3) is 16.7. The van der Waals surface area contributed by atoms with Crippen LogP contribution in [-0.4, -0.2) is 51.2 Å². The van der Waals surface area contributed by atoms with E-state index in [-0.39, 0.29) is 21.1 Å². The Hall–Kier alpha value is -2.64. The maximum absolute atomic E-state index is 5.25. The van der Waals surface area contributed by atoms with Crippen molar-refractivity contribution in [3.63, 3.8) is 0 Å². The van der Waals surface area contributed by atoms with Gasteiger partial charge in [0.2, 0.25) is 0 Å². The Kier molecular flexibility index (Phi) is 19.4. The van der Waals surface area contributed by atoms with Crippen molar-refractivity contribution in [2.45, 2.75) is 35.2 Å². The van der Waals surface area contributed by atoms with Gasteiger partial charge in [0.15, 0.2) is 8.64 Å². The van der Waals surface area contributed by atoms with Crippen molar-refractivity contribution >= 4 is 89.2 Å². The summed E-state index contributed by atoms with van der Waals surface area (Å²) in [4.78, 5) is 13.0. The molecule has 4 rings (SSSR count). The number of aromatic nitrogens is 2. The molecule has 43 heavy (non-hydrogen) atoms. The molecule has 0 saturated carbocycles. The number of hydrogen-bond donors (Lipinski definition) is 2. The van der Waals surface area contributed by atoms with Crippen molar-refractivity contribution in [1.82, 2.24) is 20.8 Å². The van der Waals surface area contributed by atoms with E-state index in [9.17, 15) is 0 Å². The molecule has 0 aliphatic carbocycles. The number of benzene rings is 2. The Bertz CT molecular complexity index is 1300. The first kappa shape index (κ1) is 36.5. The van der Waals surface area contributed by atoms with Crippen LogP contribution in [0.3, 0.4) is 0 Å². The minimum atomic E-state index is 0.230. The molecule has 2 heterocycles. The van der Waals surface area contributed by atoms with E-state index in [1.165, 1.54) is 11.1 Å². The number of thioether (sulfide) groups is 2. The summed E-state index contributed by atoms with van der Waals surface area (Å²) in [5, 5.41) is 8.50. The first-order valence-electron chi connectivity index (χ1n) is 13.4. The van der Waals surface area contributed by atoms with Crippen molar-refractivity contribution in [3.8, 4) is 0 Å². The van der Waals surface area contributed by atoms with Crippen LogP contribution in [0, 0.1) is 0 Å². The van der Waals surface area contributed by atoms with Crippen LogP contribution in [0.5, 0.6) is 0 Å². The molecule has 0 fully saturated rings. The molecule has 2 radical (unpaired) electrons. The Labute approximate surface area is 285 Å². The van der Waals surface area contributed by atoms with Gasteiger partial charge in [-0.1, -0.05) is 121 Å². The minimum absolute atomic E-state index is 0.230. The van der Waals surface area contributed by atoms with E-state index >= 15 is 0 Å². The van der Waals surface area contributed by atoms with Crippen LogP contribution in [0.4, 0.5) is 0 Å². The van der Waals surface area contributed by atoms with Gasteiger partial charge >= 0.3 is 31.0 Å². The van der Waals surface area contributed by atoms with Gasteiger partial charge in [-0.3, -0.25) is 20.8 Å². The molecule has 2 aromatic heterocycles. The van der Waals surface area contributed by atoms with E-state index < -0.39 is 0 Å². The molecule has 0 saturated heterocycles. The first-order valence-corrected chi connectivity index (χ1v) is 21.9. The molecule has 0 amide bonds. The van der Waals surface area contributed by atoms with Gasteiger partial charge in [0.1, 0.15) is 0 Å². The zero-order valence-corrected chi connectivity index (χ0v) is 30.8. The van der Waals surface area contributed by atoms with E-state index in [0.717, 1.165) is 34.3 Å². The molecule has 0 atom stereocenters. The van der Waals surface area contributed by atoms with Gasteiger partial charge in [0.25, 0.3) is 0 Å². The fraction of sp³-hybridized carbons (Fsp3) is 0.188. The van der Waals surface area contributed by atoms with Crippen LogP contribution in [0.15, 0.2) is 120 Å². The monoisotopic (exact) mass is 752 g/mol. The summed E-state index contributed by atoms with van der Waals surface area (Å²) >= 11 is 13.8. The van der Waals surface area contributed by atoms with Gasteiger partial charge in [-0.15, -0.1) is 0 Å². The molecule has 222 valence electrons. The molecule has 11 heteroatoms. The number of pyridine rings is 2. The molecular formula is C32H36N6S4Sn. The van der Waals surface area contributed by atoms with Gasteiger partial charge in [-0.05, 0) is 49.2 Å². The summed E-state index contributed by atoms with van der Waals surface area (Å²) in [6.45, 7) is 3.81. The zero-order chi connectivity index (χ0) is 31.1. The average molecular weight is 752 g/mol. The van der Waals surface area contributed by atoms with Crippen LogP contribution < -0.4 is 10.9 Å². The van der Waals surface area contributed by atoms with Gasteiger partial charge in [-0.2, -0.15) is 10.2 Å². The number of hydrazone groups is 2. The molecule has 0 aliphatic heterocycles. The Balaban J connectivity index is 0.000000275. The van der Waals surface area contributed by atoms with Crippen LogP contribution in [-0.2, 0) is 11.5 Å². The van der Waals surface area contributed by atoms with Crippen molar-refractivity contribution in [1.29, 1.82) is 0 Å². The number of rotatable bonds is 8. The average Bonchev–Trinajstić information content (AvgIpc) is 3.06. The molecule has 2 aromatic carbocycles. The van der Waals surface area contributed by atoms with Crippen molar-refractivity contribution in [3.05, 3.63) is 132 Å². The van der Waals surface area contributed by atoms with Gasteiger partial charge in [0, 0.05) is 23.9 Å². The number of nitrogens with one attached hydrogen (secondary N) is 2. The van der Waals surface area contributed by atoms with E-state index in [1.807, 2.05) is 86.6 Å². The topological polar surface area (TPSA) is 74.6 Å². The SMILES string of the molecule is C/C(=N/NC(=S)SCc1ccccc1)c1ccccn1.C/C(=N\NC(=S)SCc1ccccc1)c1ccccn1.[CH3][Sn][CH3]. The summed E-state index contributed by atoms with van der Waals surface area (Å²) in [6.07, 6.45) is 3.49. The summed E-state index contributed by atoms with van der Waals surface area (Å²) < 4.78 is 1.31. The third-order valence-corrected chi connectivity index (χ3v) is 7.68. The normalized spacial score (nSPS) is 10.8. The second-order valence-corrected chi connectivity index (χ2v) is 14.8. The number of hydrogen-bond acceptors (Lipinski definition) is 8. The van der Waals surface area contributed by atoms with E-state index in [4.69, 9.17) is 24.4 Å². The molecule has 0 unspecified atom stereocenters. The predicted molar refractivity (Wildman–Crippen MR) is 197 cm³/mol. The standard InChI is InChI=1S/2C15H15N3S2.2CH3.Sn/c2*1-12(14-9-5-6-10-16-14)17-18-15(19)20-11-13-7-3-2-4-8-13;;;/h2*2-10H,11H2,1H3,(H,18,19);2*1H3;/b17-12+;17-12-;;;. The van der Waals surface area contributed by atoms with Crippen LogP contribution in [0.1, 0.15) is 36.4 Å². The van der Waals surface area contributed by atoms with Crippen molar-refractivity contribution in [2.75, 3.05) is 0 Å². The fourth-order valence-electron chi connectivity index (χ4n) is 3.04. The van der Waals surface area contributed by atoms with Crippen molar-refractivity contribution < 1.29 is 0 Å². The first-order chi connectivity index (χ1) is 20.9. The third-order valence-electron chi connectivity index (χ3n) is 5.13. The molecule has 0 aliphatic rings. The summed E-state index contributed by atoms with van der Waals surface area (Å²) in [5.41, 5.74) is 11.6. The van der Waals surface area contributed by atoms with E-state index in [0.29, 0.717) is 8.64 Å². The van der Waals surface area contributed by atoms with Crippen LogP contribution >= 0.6 is 48.0 Å². The Morgan fingerprint density at radius 1 is 0.628 bits per heavy atom. The molecule has 0 bridgehead atoms. The summed E-state index contributed by atoms with van der Waals surface area (Å²) in [6, 6.07) is 31.9. The fourth-order valence-corrected chi connectivity index (χ4v) is 4.68. The van der Waals surface area contributed by atoms with Crippen molar-refractivity contribution in [2.24, 2.45) is 10.2 Å². The van der Waals surface area contributed by atoms with Crippen LogP contribution in [0.25, 0.3) is 0 Å². The van der Waals surface area contributed by atoms with E-state index in [1.54, 1.807) is 35.9 Å². The van der Waals surface area contributed by atoms with Gasteiger partial charge in [0.05, 0.1) is 22.8 Å². The maximum atomic E-state index is 5.25.